The molecule has 0 atom stereocenters. The van der Waals surface area contributed by atoms with E-state index in [0.717, 1.165) is 11.4 Å². The summed E-state index contributed by atoms with van der Waals surface area (Å²) in [6, 6.07) is 22.2. The highest BCUT2D eigenvalue weighted by atomic mass is 16.5. The van der Waals surface area contributed by atoms with E-state index in [1.807, 2.05) is 48.5 Å². The van der Waals surface area contributed by atoms with Crippen LogP contribution in [-0.2, 0) is 20.9 Å². The SMILES string of the molecule is COc1ccc(N2CCN(C(=O)COC(=O)Cn3c4ccccc4c(=O)c4ccccc43)CC2)cc1. The van der Waals surface area contributed by atoms with E-state index >= 15 is 0 Å². The van der Waals surface area contributed by atoms with Gasteiger partial charge in [0.25, 0.3) is 5.91 Å². The highest BCUT2D eigenvalue weighted by Crippen LogP contribution is 2.21. The molecule has 0 spiro atoms. The standard InChI is InChI=1S/C28H27N3O5/c1-35-21-12-10-20(11-13-21)29-14-16-30(17-15-29)26(32)19-36-27(33)18-31-24-8-4-2-6-22(24)28(34)23-7-3-5-9-25(23)31/h2-13H,14-19H2,1H3. The van der Waals surface area contributed by atoms with Gasteiger partial charge in [0, 0.05) is 42.6 Å². The van der Waals surface area contributed by atoms with Gasteiger partial charge in [-0.15, -0.1) is 0 Å². The quantitative estimate of drug-likeness (QED) is 0.309. The minimum Gasteiger partial charge on any atom is -0.497 e. The minimum absolute atomic E-state index is 0.0743. The molecule has 5 rings (SSSR count). The lowest BCUT2D eigenvalue weighted by atomic mass is 10.1. The van der Waals surface area contributed by atoms with Crippen molar-refractivity contribution in [3.8, 4) is 5.75 Å². The van der Waals surface area contributed by atoms with E-state index in [4.69, 9.17) is 9.47 Å². The minimum atomic E-state index is -0.529. The van der Waals surface area contributed by atoms with Crippen molar-refractivity contribution in [3.05, 3.63) is 83.0 Å². The zero-order valence-corrected chi connectivity index (χ0v) is 20.1. The Morgan fingerprint density at radius 3 is 1.97 bits per heavy atom. The van der Waals surface area contributed by atoms with E-state index in [-0.39, 0.29) is 24.5 Å². The van der Waals surface area contributed by atoms with Crippen LogP contribution in [0.15, 0.2) is 77.6 Å². The number of ether oxygens (including phenoxy) is 2. The van der Waals surface area contributed by atoms with Crippen molar-refractivity contribution in [3.63, 3.8) is 0 Å². The van der Waals surface area contributed by atoms with Gasteiger partial charge in [0.2, 0.25) is 0 Å². The molecule has 1 fully saturated rings. The number of fused-ring (bicyclic) bond motifs is 2. The number of carbonyl (C=O) groups is 2. The van der Waals surface area contributed by atoms with E-state index in [9.17, 15) is 14.4 Å². The predicted molar refractivity (Wildman–Crippen MR) is 138 cm³/mol. The first kappa shape index (κ1) is 23.4. The second-order valence-corrected chi connectivity index (χ2v) is 8.68. The fraction of sp³-hybridized carbons (Fsp3) is 0.250. The van der Waals surface area contributed by atoms with Crippen LogP contribution in [0.3, 0.4) is 0 Å². The lowest BCUT2D eigenvalue weighted by Gasteiger charge is -2.36. The van der Waals surface area contributed by atoms with Crippen molar-refractivity contribution in [2.24, 2.45) is 0 Å². The number of esters is 1. The summed E-state index contributed by atoms with van der Waals surface area (Å²) in [6.45, 7) is 2.09. The van der Waals surface area contributed by atoms with Crippen molar-refractivity contribution in [2.75, 3.05) is 44.8 Å². The van der Waals surface area contributed by atoms with Crippen LogP contribution in [0.1, 0.15) is 0 Å². The number of pyridine rings is 1. The highest BCUT2D eigenvalue weighted by molar-refractivity contribution is 5.94. The summed E-state index contributed by atoms with van der Waals surface area (Å²) in [4.78, 5) is 42.3. The molecule has 184 valence electrons. The topological polar surface area (TPSA) is 81.1 Å². The molecule has 0 N–H and O–H groups in total. The molecule has 36 heavy (non-hydrogen) atoms. The molecular formula is C28H27N3O5. The molecule has 1 aliphatic rings. The first-order valence-corrected chi connectivity index (χ1v) is 11.9. The molecule has 0 unspecified atom stereocenters. The van der Waals surface area contributed by atoms with Crippen molar-refractivity contribution in [2.45, 2.75) is 6.54 Å². The number of methoxy groups -OCH3 is 1. The first-order chi connectivity index (χ1) is 17.5. The Labute approximate surface area is 208 Å². The number of carbonyl (C=O) groups excluding carboxylic acids is 2. The Hall–Kier alpha value is -4.33. The lowest BCUT2D eigenvalue weighted by molar-refractivity contribution is -0.152. The van der Waals surface area contributed by atoms with Gasteiger partial charge in [-0.1, -0.05) is 24.3 Å². The van der Waals surface area contributed by atoms with Gasteiger partial charge in [-0.3, -0.25) is 14.4 Å². The number of hydrogen-bond acceptors (Lipinski definition) is 6. The van der Waals surface area contributed by atoms with E-state index in [1.54, 1.807) is 40.8 Å². The van der Waals surface area contributed by atoms with Gasteiger partial charge >= 0.3 is 5.97 Å². The van der Waals surface area contributed by atoms with Crippen LogP contribution < -0.4 is 15.1 Å². The summed E-state index contributed by atoms with van der Waals surface area (Å²) in [7, 11) is 1.64. The molecule has 1 aromatic heterocycles. The van der Waals surface area contributed by atoms with Crippen LogP contribution in [0.2, 0.25) is 0 Å². The number of hydrogen-bond donors (Lipinski definition) is 0. The number of amides is 1. The summed E-state index contributed by atoms with van der Waals surface area (Å²) in [6.07, 6.45) is 0. The molecule has 3 aromatic carbocycles. The van der Waals surface area contributed by atoms with Gasteiger partial charge in [-0.05, 0) is 48.5 Å². The Bertz CT molecular complexity index is 1410. The Kier molecular flexibility index (Phi) is 6.58. The average Bonchev–Trinajstić information content (AvgIpc) is 2.94. The van der Waals surface area contributed by atoms with E-state index in [0.29, 0.717) is 48.0 Å². The Morgan fingerprint density at radius 2 is 1.39 bits per heavy atom. The summed E-state index contributed by atoms with van der Waals surface area (Å²) in [5, 5.41) is 1.07. The second kappa shape index (κ2) is 10.1. The van der Waals surface area contributed by atoms with Gasteiger partial charge in [-0.2, -0.15) is 0 Å². The summed E-state index contributed by atoms with van der Waals surface area (Å²) in [5.74, 6) is 0.0593. The normalized spacial score (nSPS) is 13.7. The van der Waals surface area contributed by atoms with Crippen LogP contribution in [0.25, 0.3) is 21.8 Å². The molecule has 2 heterocycles. The molecule has 0 aliphatic carbocycles. The molecule has 1 saturated heterocycles. The summed E-state index contributed by atoms with van der Waals surface area (Å²) < 4.78 is 12.3. The molecule has 4 aromatic rings. The number of anilines is 1. The third-order valence-electron chi connectivity index (χ3n) is 6.59. The van der Waals surface area contributed by atoms with Crippen molar-refractivity contribution < 1.29 is 19.1 Å². The number of aromatic nitrogens is 1. The highest BCUT2D eigenvalue weighted by Gasteiger charge is 2.23. The summed E-state index contributed by atoms with van der Waals surface area (Å²) in [5.41, 5.74) is 2.31. The van der Waals surface area contributed by atoms with E-state index < -0.39 is 5.97 Å². The fourth-order valence-corrected chi connectivity index (χ4v) is 4.66. The van der Waals surface area contributed by atoms with Gasteiger partial charge in [0.05, 0.1) is 18.1 Å². The third-order valence-corrected chi connectivity index (χ3v) is 6.59. The van der Waals surface area contributed by atoms with Crippen LogP contribution in [0, 0.1) is 0 Å². The third kappa shape index (κ3) is 4.62. The van der Waals surface area contributed by atoms with Gasteiger partial charge in [0.1, 0.15) is 12.3 Å². The maximum atomic E-state index is 12.9. The molecule has 1 amide bonds. The van der Waals surface area contributed by atoms with E-state index in [2.05, 4.69) is 4.90 Å². The zero-order chi connectivity index (χ0) is 25.1. The monoisotopic (exact) mass is 485 g/mol. The molecule has 0 saturated carbocycles. The van der Waals surface area contributed by atoms with Crippen molar-refractivity contribution >= 4 is 39.4 Å². The van der Waals surface area contributed by atoms with Gasteiger partial charge < -0.3 is 23.8 Å². The second-order valence-electron chi connectivity index (χ2n) is 8.68. The fourth-order valence-electron chi connectivity index (χ4n) is 4.66. The van der Waals surface area contributed by atoms with Crippen LogP contribution in [0.4, 0.5) is 5.69 Å². The lowest BCUT2D eigenvalue weighted by Crippen LogP contribution is -2.50. The van der Waals surface area contributed by atoms with E-state index in [1.165, 1.54) is 0 Å². The summed E-state index contributed by atoms with van der Waals surface area (Å²) >= 11 is 0. The smallest absolute Gasteiger partial charge is 0.326 e. The zero-order valence-electron chi connectivity index (χ0n) is 20.1. The largest absolute Gasteiger partial charge is 0.497 e. The molecule has 0 radical (unpaired) electrons. The van der Waals surface area contributed by atoms with Gasteiger partial charge in [-0.25, -0.2) is 0 Å². The van der Waals surface area contributed by atoms with Crippen LogP contribution in [0.5, 0.6) is 5.75 Å². The molecule has 8 heteroatoms. The Morgan fingerprint density at radius 1 is 0.806 bits per heavy atom. The van der Waals surface area contributed by atoms with Crippen molar-refractivity contribution in [1.29, 1.82) is 0 Å². The molecule has 1 aliphatic heterocycles. The number of para-hydroxylation sites is 2. The Balaban J connectivity index is 1.21. The average molecular weight is 486 g/mol. The number of piperazine rings is 1. The molecular weight excluding hydrogens is 458 g/mol. The number of nitrogens with zero attached hydrogens (tertiary/aromatic N) is 3. The molecule has 8 nitrogen and oxygen atoms in total. The predicted octanol–water partition coefficient (Wildman–Crippen LogP) is 3.06. The molecule has 0 bridgehead atoms. The maximum absolute atomic E-state index is 12.9. The first-order valence-electron chi connectivity index (χ1n) is 11.9. The van der Waals surface area contributed by atoms with Crippen molar-refractivity contribution in [1.82, 2.24) is 9.47 Å². The number of rotatable bonds is 6. The van der Waals surface area contributed by atoms with Crippen LogP contribution in [-0.4, -0.2) is 61.2 Å². The maximum Gasteiger partial charge on any atom is 0.326 e. The van der Waals surface area contributed by atoms with Gasteiger partial charge in [0.15, 0.2) is 12.0 Å². The van der Waals surface area contributed by atoms with Crippen LogP contribution >= 0.6 is 0 Å². The number of benzene rings is 3.